The second kappa shape index (κ2) is 5.22. The van der Waals surface area contributed by atoms with Gasteiger partial charge in [-0.3, -0.25) is 0 Å². The summed E-state index contributed by atoms with van der Waals surface area (Å²) in [5, 5.41) is 9.21. The highest BCUT2D eigenvalue weighted by Crippen LogP contribution is 2.33. The minimum atomic E-state index is -0.278. The van der Waals surface area contributed by atoms with Crippen LogP contribution in [0.25, 0.3) is 0 Å². The normalized spacial score (nSPS) is 9.94. The standard InChI is InChI=1S/C13H7ClFNS/c14-12-6-9(8-16)4-5-13(12)17-11-3-1-2-10(15)7-11/h1-7H. The molecule has 0 amide bonds. The van der Waals surface area contributed by atoms with E-state index in [2.05, 4.69) is 0 Å². The van der Waals surface area contributed by atoms with Crippen molar-refractivity contribution >= 4 is 23.4 Å². The van der Waals surface area contributed by atoms with Crippen LogP contribution in [0.2, 0.25) is 5.02 Å². The topological polar surface area (TPSA) is 23.8 Å². The Hall–Kier alpha value is -1.50. The SMILES string of the molecule is N#Cc1ccc(Sc2cccc(F)c2)c(Cl)c1. The van der Waals surface area contributed by atoms with Gasteiger partial charge < -0.3 is 0 Å². The van der Waals surface area contributed by atoms with E-state index in [1.165, 1.54) is 23.9 Å². The van der Waals surface area contributed by atoms with Crippen LogP contribution in [0.5, 0.6) is 0 Å². The highest BCUT2D eigenvalue weighted by atomic mass is 35.5. The van der Waals surface area contributed by atoms with E-state index in [4.69, 9.17) is 16.9 Å². The van der Waals surface area contributed by atoms with E-state index < -0.39 is 0 Å². The van der Waals surface area contributed by atoms with E-state index in [9.17, 15) is 4.39 Å². The van der Waals surface area contributed by atoms with Gasteiger partial charge in [-0.15, -0.1) is 0 Å². The fourth-order valence-electron chi connectivity index (χ4n) is 1.31. The summed E-state index contributed by atoms with van der Waals surface area (Å²) in [6.07, 6.45) is 0. The van der Waals surface area contributed by atoms with Crippen molar-refractivity contribution in [3.05, 3.63) is 58.9 Å². The van der Waals surface area contributed by atoms with Crippen LogP contribution < -0.4 is 0 Å². The van der Waals surface area contributed by atoms with Gasteiger partial charge in [0.15, 0.2) is 0 Å². The Morgan fingerprint density at radius 3 is 2.65 bits per heavy atom. The summed E-state index contributed by atoms with van der Waals surface area (Å²) in [6, 6.07) is 13.4. The predicted octanol–water partition coefficient (Wildman–Crippen LogP) is 4.50. The van der Waals surface area contributed by atoms with E-state index in [1.54, 1.807) is 24.3 Å². The molecule has 0 radical (unpaired) electrons. The molecular weight excluding hydrogens is 257 g/mol. The Labute approximate surface area is 108 Å². The van der Waals surface area contributed by atoms with Gasteiger partial charge in [0.2, 0.25) is 0 Å². The summed E-state index contributed by atoms with van der Waals surface area (Å²) in [6.45, 7) is 0. The molecular formula is C13H7ClFNS. The summed E-state index contributed by atoms with van der Waals surface area (Å²) < 4.78 is 13.0. The second-order valence-corrected chi connectivity index (χ2v) is 4.84. The van der Waals surface area contributed by atoms with Crippen LogP contribution in [0.3, 0.4) is 0 Å². The van der Waals surface area contributed by atoms with Crippen LogP contribution in [-0.4, -0.2) is 0 Å². The molecule has 1 nitrogen and oxygen atoms in total. The summed E-state index contributed by atoms with van der Waals surface area (Å²) in [4.78, 5) is 1.58. The molecule has 0 bridgehead atoms. The molecule has 0 saturated heterocycles. The van der Waals surface area contributed by atoms with Crippen molar-refractivity contribution in [1.29, 1.82) is 5.26 Å². The third kappa shape index (κ3) is 3.00. The maximum atomic E-state index is 13.0. The maximum Gasteiger partial charge on any atom is 0.124 e. The lowest BCUT2D eigenvalue weighted by Crippen LogP contribution is -1.80. The molecule has 0 fully saturated rings. The first-order valence-electron chi connectivity index (χ1n) is 4.82. The molecule has 0 saturated carbocycles. The average Bonchev–Trinajstić information content (AvgIpc) is 2.32. The second-order valence-electron chi connectivity index (χ2n) is 3.32. The number of rotatable bonds is 2. The van der Waals surface area contributed by atoms with Gasteiger partial charge in [-0.05, 0) is 36.4 Å². The Morgan fingerprint density at radius 2 is 2.00 bits per heavy atom. The van der Waals surface area contributed by atoms with Crippen molar-refractivity contribution in [2.75, 3.05) is 0 Å². The molecule has 2 rings (SSSR count). The largest absolute Gasteiger partial charge is 0.207 e. The molecule has 0 aliphatic carbocycles. The van der Waals surface area contributed by atoms with E-state index in [0.29, 0.717) is 10.6 Å². The lowest BCUT2D eigenvalue weighted by Gasteiger charge is -2.04. The fourth-order valence-corrected chi connectivity index (χ4v) is 2.47. The van der Waals surface area contributed by atoms with E-state index in [-0.39, 0.29) is 5.82 Å². The van der Waals surface area contributed by atoms with Crippen LogP contribution in [0.1, 0.15) is 5.56 Å². The zero-order valence-corrected chi connectivity index (χ0v) is 10.2. The Morgan fingerprint density at radius 1 is 1.18 bits per heavy atom. The van der Waals surface area contributed by atoms with Gasteiger partial charge in [-0.1, -0.05) is 29.4 Å². The number of halogens is 2. The Bertz CT molecular complexity index is 592. The third-order valence-corrected chi connectivity index (χ3v) is 3.58. The molecule has 84 valence electrons. The fraction of sp³-hybridized carbons (Fsp3) is 0. The summed E-state index contributed by atoms with van der Waals surface area (Å²) in [7, 11) is 0. The smallest absolute Gasteiger partial charge is 0.124 e. The third-order valence-electron chi connectivity index (χ3n) is 2.08. The number of benzene rings is 2. The zero-order valence-electron chi connectivity index (χ0n) is 8.65. The molecule has 0 spiro atoms. The molecule has 0 unspecified atom stereocenters. The van der Waals surface area contributed by atoms with Crippen molar-refractivity contribution < 1.29 is 4.39 Å². The lowest BCUT2D eigenvalue weighted by atomic mass is 10.2. The van der Waals surface area contributed by atoms with Gasteiger partial charge in [0.25, 0.3) is 0 Å². The van der Waals surface area contributed by atoms with Crippen LogP contribution in [0, 0.1) is 17.1 Å². The highest BCUT2D eigenvalue weighted by Gasteiger charge is 2.04. The van der Waals surface area contributed by atoms with E-state index in [1.807, 2.05) is 12.1 Å². The molecule has 17 heavy (non-hydrogen) atoms. The van der Waals surface area contributed by atoms with Crippen LogP contribution in [-0.2, 0) is 0 Å². The molecule has 4 heteroatoms. The summed E-state index contributed by atoms with van der Waals surface area (Å²) in [5.74, 6) is -0.278. The Kier molecular flexibility index (Phi) is 3.68. The van der Waals surface area contributed by atoms with Gasteiger partial charge >= 0.3 is 0 Å². The van der Waals surface area contributed by atoms with E-state index in [0.717, 1.165) is 9.79 Å². The van der Waals surface area contributed by atoms with Crippen molar-refractivity contribution in [2.45, 2.75) is 9.79 Å². The van der Waals surface area contributed by atoms with Gasteiger partial charge in [0.1, 0.15) is 5.82 Å². The molecule has 0 heterocycles. The molecule has 0 aliphatic rings. The van der Waals surface area contributed by atoms with Gasteiger partial charge in [0, 0.05) is 9.79 Å². The highest BCUT2D eigenvalue weighted by molar-refractivity contribution is 7.99. The molecule has 2 aromatic carbocycles. The first kappa shape index (κ1) is 12.0. The summed E-state index contributed by atoms with van der Waals surface area (Å²) >= 11 is 7.40. The van der Waals surface area contributed by atoms with Crippen molar-refractivity contribution in [3.8, 4) is 6.07 Å². The number of nitriles is 1. The van der Waals surface area contributed by atoms with Crippen molar-refractivity contribution in [3.63, 3.8) is 0 Å². The van der Waals surface area contributed by atoms with Crippen molar-refractivity contribution in [1.82, 2.24) is 0 Å². The monoisotopic (exact) mass is 263 g/mol. The first-order chi connectivity index (χ1) is 8.19. The first-order valence-corrected chi connectivity index (χ1v) is 6.01. The van der Waals surface area contributed by atoms with Gasteiger partial charge in [-0.2, -0.15) is 5.26 Å². The molecule has 0 aromatic heterocycles. The molecule has 0 aliphatic heterocycles. The van der Waals surface area contributed by atoms with Crippen molar-refractivity contribution in [2.24, 2.45) is 0 Å². The van der Waals surface area contributed by atoms with Crippen LogP contribution >= 0.6 is 23.4 Å². The van der Waals surface area contributed by atoms with Crippen LogP contribution in [0.15, 0.2) is 52.3 Å². The van der Waals surface area contributed by atoms with Gasteiger partial charge in [0.05, 0.1) is 16.7 Å². The maximum absolute atomic E-state index is 13.0. The minimum Gasteiger partial charge on any atom is -0.207 e. The average molecular weight is 264 g/mol. The Balaban J connectivity index is 2.28. The number of hydrogen-bond donors (Lipinski definition) is 0. The predicted molar refractivity (Wildman–Crippen MR) is 66.7 cm³/mol. The quantitative estimate of drug-likeness (QED) is 0.796. The number of nitrogens with zero attached hydrogens (tertiary/aromatic N) is 1. The lowest BCUT2D eigenvalue weighted by molar-refractivity contribution is 0.624. The zero-order chi connectivity index (χ0) is 12.3. The summed E-state index contributed by atoms with van der Waals surface area (Å²) in [5.41, 5.74) is 0.513. The minimum absolute atomic E-state index is 0.278. The van der Waals surface area contributed by atoms with E-state index >= 15 is 0 Å². The molecule has 2 aromatic rings. The number of hydrogen-bond acceptors (Lipinski definition) is 2. The van der Waals surface area contributed by atoms with Crippen LogP contribution in [0.4, 0.5) is 4.39 Å². The molecule has 0 atom stereocenters. The molecule has 0 N–H and O–H groups in total. The van der Waals surface area contributed by atoms with Gasteiger partial charge in [-0.25, -0.2) is 4.39 Å².